The SMILES string of the molecule is COc1nc(Br)cnc1-c1c[nH]c2cc(Br)ccc12. The molecule has 2 heterocycles. The van der Waals surface area contributed by atoms with Gasteiger partial charge in [0.1, 0.15) is 10.3 Å². The third-order valence-electron chi connectivity index (χ3n) is 2.80. The fourth-order valence-electron chi connectivity index (χ4n) is 1.97. The molecule has 0 fully saturated rings. The summed E-state index contributed by atoms with van der Waals surface area (Å²) in [6, 6.07) is 6.06. The smallest absolute Gasteiger partial charge is 0.241 e. The summed E-state index contributed by atoms with van der Waals surface area (Å²) in [5.74, 6) is 0.498. The van der Waals surface area contributed by atoms with Crippen molar-refractivity contribution in [2.75, 3.05) is 7.11 Å². The van der Waals surface area contributed by atoms with Crippen LogP contribution in [0.4, 0.5) is 0 Å². The minimum absolute atomic E-state index is 0.498. The number of aromatic nitrogens is 3. The molecule has 0 amide bonds. The Balaban J connectivity index is 2.24. The Morgan fingerprint density at radius 1 is 1.26 bits per heavy atom. The fourth-order valence-corrected chi connectivity index (χ4v) is 2.60. The highest BCUT2D eigenvalue weighted by Crippen LogP contribution is 2.33. The Morgan fingerprint density at radius 3 is 2.89 bits per heavy atom. The zero-order valence-electron chi connectivity index (χ0n) is 9.95. The van der Waals surface area contributed by atoms with E-state index in [0.29, 0.717) is 10.5 Å². The second-order valence-corrected chi connectivity index (χ2v) is 5.67. The zero-order chi connectivity index (χ0) is 13.4. The molecule has 1 N–H and O–H groups in total. The summed E-state index contributed by atoms with van der Waals surface area (Å²) < 4.78 is 6.97. The topological polar surface area (TPSA) is 50.8 Å². The maximum Gasteiger partial charge on any atom is 0.241 e. The van der Waals surface area contributed by atoms with E-state index >= 15 is 0 Å². The summed E-state index contributed by atoms with van der Waals surface area (Å²) in [6.45, 7) is 0. The average Bonchev–Trinajstić information content (AvgIpc) is 2.81. The van der Waals surface area contributed by atoms with E-state index in [9.17, 15) is 0 Å². The van der Waals surface area contributed by atoms with Crippen molar-refractivity contribution in [2.24, 2.45) is 0 Å². The summed E-state index contributed by atoms with van der Waals surface area (Å²) in [7, 11) is 1.59. The van der Waals surface area contributed by atoms with E-state index in [1.807, 2.05) is 24.4 Å². The maximum atomic E-state index is 5.30. The van der Waals surface area contributed by atoms with E-state index in [1.54, 1.807) is 13.3 Å². The minimum atomic E-state index is 0.498. The quantitative estimate of drug-likeness (QED) is 0.723. The third-order valence-corrected chi connectivity index (χ3v) is 3.68. The number of ether oxygens (including phenoxy) is 1. The van der Waals surface area contributed by atoms with Gasteiger partial charge < -0.3 is 9.72 Å². The van der Waals surface area contributed by atoms with Crippen molar-refractivity contribution < 1.29 is 4.74 Å². The molecule has 0 spiro atoms. The summed E-state index contributed by atoms with van der Waals surface area (Å²) in [6.07, 6.45) is 3.58. The standard InChI is InChI=1S/C13H9Br2N3O/c1-19-13-12(17-6-11(15)18-13)9-5-16-10-4-7(14)2-3-8(9)10/h2-6,16H,1H3. The molecule has 0 aliphatic rings. The van der Waals surface area contributed by atoms with Crippen LogP contribution in [0, 0.1) is 0 Å². The normalized spacial score (nSPS) is 10.9. The van der Waals surface area contributed by atoms with Crippen LogP contribution in [0.2, 0.25) is 0 Å². The van der Waals surface area contributed by atoms with Gasteiger partial charge in [0.2, 0.25) is 5.88 Å². The van der Waals surface area contributed by atoms with Crippen LogP contribution in [0.3, 0.4) is 0 Å². The number of H-pyrrole nitrogens is 1. The molecule has 0 saturated heterocycles. The fraction of sp³-hybridized carbons (Fsp3) is 0.0769. The first kappa shape index (κ1) is 12.6. The van der Waals surface area contributed by atoms with Gasteiger partial charge in [0.25, 0.3) is 0 Å². The van der Waals surface area contributed by atoms with Crippen LogP contribution in [0.5, 0.6) is 5.88 Å². The Bertz CT molecular complexity index is 755. The molecule has 0 aliphatic heterocycles. The van der Waals surface area contributed by atoms with Gasteiger partial charge in [-0.05, 0) is 28.1 Å². The van der Waals surface area contributed by atoms with Crippen LogP contribution in [0.15, 0.2) is 39.7 Å². The van der Waals surface area contributed by atoms with Gasteiger partial charge in [-0.15, -0.1) is 0 Å². The predicted octanol–water partition coefficient (Wildman–Crippen LogP) is 4.16. The number of nitrogens with one attached hydrogen (secondary N) is 1. The van der Waals surface area contributed by atoms with Crippen molar-refractivity contribution in [3.63, 3.8) is 0 Å². The second kappa shape index (κ2) is 4.94. The highest BCUT2D eigenvalue weighted by Gasteiger charge is 2.14. The number of hydrogen-bond acceptors (Lipinski definition) is 3. The van der Waals surface area contributed by atoms with Gasteiger partial charge in [-0.3, -0.25) is 0 Å². The Morgan fingerprint density at radius 2 is 2.11 bits per heavy atom. The first-order valence-electron chi connectivity index (χ1n) is 5.52. The molecule has 2 aromatic heterocycles. The van der Waals surface area contributed by atoms with Gasteiger partial charge in [-0.1, -0.05) is 22.0 Å². The van der Waals surface area contributed by atoms with E-state index in [-0.39, 0.29) is 0 Å². The molecule has 3 rings (SSSR count). The second-order valence-electron chi connectivity index (χ2n) is 3.94. The number of halogens is 2. The Labute approximate surface area is 126 Å². The molecule has 96 valence electrons. The number of nitrogens with zero attached hydrogens (tertiary/aromatic N) is 2. The summed E-state index contributed by atoms with van der Waals surface area (Å²) in [5, 5.41) is 1.08. The van der Waals surface area contributed by atoms with Gasteiger partial charge in [-0.2, -0.15) is 0 Å². The van der Waals surface area contributed by atoms with Gasteiger partial charge in [-0.25, -0.2) is 9.97 Å². The maximum absolute atomic E-state index is 5.30. The summed E-state index contributed by atoms with van der Waals surface area (Å²) >= 11 is 6.75. The molecular weight excluding hydrogens is 374 g/mol. The van der Waals surface area contributed by atoms with Crippen molar-refractivity contribution in [2.45, 2.75) is 0 Å². The number of rotatable bonds is 2. The number of benzene rings is 1. The lowest BCUT2D eigenvalue weighted by molar-refractivity contribution is 0.397. The van der Waals surface area contributed by atoms with E-state index in [0.717, 1.165) is 26.6 Å². The molecule has 1 aromatic carbocycles. The predicted molar refractivity (Wildman–Crippen MR) is 81.3 cm³/mol. The van der Waals surface area contributed by atoms with Crippen molar-refractivity contribution >= 4 is 42.8 Å². The van der Waals surface area contributed by atoms with E-state index < -0.39 is 0 Å². The van der Waals surface area contributed by atoms with Crippen molar-refractivity contribution in [3.8, 4) is 17.1 Å². The van der Waals surface area contributed by atoms with Gasteiger partial charge in [0.05, 0.1) is 13.3 Å². The number of methoxy groups -OCH3 is 1. The van der Waals surface area contributed by atoms with Crippen molar-refractivity contribution in [1.29, 1.82) is 0 Å². The molecule has 0 unspecified atom stereocenters. The van der Waals surface area contributed by atoms with Crippen LogP contribution in [0.1, 0.15) is 0 Å². The van der Waals surface area contributed by atoms with Crippen LogP contribution in [0.25, 0.3) is 22.2 Å². The Hall–Kier alpha value is -1.40. The van der Waals surface area contributed by atoms with Gasteiger partial charge in [0, 0.05) is 27.1 Å². The average molecular weight is 383 g/mol. The first-order chi connectivity index (χ1) is 9.19. The van der Waals surface area contributed by atoms with Gasteiger partial charge in [0.15, 0.2) is 0 Å². The van der Waals surface area contributed by atoms with Crippen LogP contribution < -0.4 is 4.74 Å². The van der Waals surface area contributed by atoms with Crippen molar-refractivity contribution in [3.05, 3.63) is 39.7 Å². The number of fused-ring (bicyclic) bond motifs is 1. The highest BCUT2D eigenvalue weighted by molar-refractivity contribution is 9.10. The van der Waals surface area contributed by atoms with Crippen molar-refractivity contribution in [1.82, 2.24) is 15.0 Å². The molecule has 4 nitrogen and oxygen atoms in total. The highest BCUT2D eigenvalue weighted by atomic mass is 79.9. The van der Waals surface area contributed by atoms with Crippen LogP contribution >= 0.6 is 31.9 Å². The zero-order valence-corrected chi connectivity index (χ0v) is 13.1. The molecule has 0 aliphatic carbocycles. The largest absolute Gasteiger partial charge is 0.479 e. The summed E-state index contributed by atoms with van der Waals surface area (Å²) in [4.78, 5) is 11.9. The lowest BCUT2D eigenvalue weighted by atomic mass is 10.1. The molecule has 6 heteroatoms. The van der Waals surface area contributed by atoms with Crippen LogP contribution in [-0.2, 0) is 0 Å². The first-order valence-corrected chi connectivity index (χ1v) is 7.11. The van der Waals surface area contributed by atoms with E-state index in [1.165, 1.54) is 0 Å². The lowest BCUT2D eigenvalue weighted by Crippen LogP contribution is -1.94. The van der Waals surface area contributed by atoms with Crippen LogP contribution in [-0.4, -0.2) is 22.1 Å². The van der Waals surface area contributed by atoms with E-state index in [2.05, 4.69) is 46.8 Å². The van der Waals surface area contributed by atoms with Gasteiger partial charge >= 0.3 is 0 Å². The summed E-state index contributed by atoms with van der Waals surface area (Å²) in [5.41, 5.74) is 2.73. The molecule has 0 atom stereocenters. The van der Waals surface area contributed by atoms with E-state index in [4.69, 9.17) is 4.74 Å². The molecule has 3 aromatic rings. The lowest BCUT2D eigenvalue weighted by Gasteiger charge is -2.05. The molecule has 0 bridgehead atoms. The number of aromatic amines is 1. The molecule has 19 heavy (non-hydrogen) atoms. The molecule has 0 radical (unpaired) electrons. The molecular formula is C13H9Br2N3O. The third kappa shape index (κ3) is 2.26. The molecule has 0 saturated carbocycles. The minimum Gasteiger partial charge on any atom is -0.479 e. The number of hydrogen-bond donors (Lipinski definition) is 1. The Kier molecular flexibility index (Phi) is 3.28. The monoisotopic (exact) mass is 381 g/mol.